The zero-order valence-corrected chi connectivity index (χ0v) is 15.8. The topological polar surface area (TPSA) is 75.3 Å². The predicted octanol–water partition coefficient (Wildman–Crippen LogP) is 3.56. The van der Waals surface area contributed by atoms with Crippen LogP contribution in [0.25, 0.3) is 0 Å². The Kier molecular flexibility index (Phi) is 5.85. The van der Waals surface area contributed by atoms with Gasteiger partial charge in [-0.1, -0.05) is 30.7 Å². The number of benzene rings is 2. The van der Waals surface area contributed by atoms with Gasteiger partial charge in [0.05, 0.1) is 12.3 Å². The molecule has 2 N–H and O–H groups in total. The second-order valence-corrected chi connectivity index (χ2v) is 7.99. The molecule has 1 atom stereocenters. The van der Waals surface area contributed by atoms with Gasteiger partial charge in [0, 0.05) is 11.3 Å². The van der Waals surface area contributed by atoms with Gasteiger partial charge < -0.3 is 5.32 Å². The van der Waals surface area contributed by atoms with Crippen molar-refractivity contribution < 1.29 is 13.2 Å². The second-order valence-electron chi connectivity index (χ2n) is 6.25. The highest BCUT2D eigenvalue weighted by Crippen LogP contribution is 2.22. The Morgan fingerprint density at radius 1 is 1.08 bits per heavy atom. The molecule has 2 aromatic carbocycles. The maximum Gasteiger partial charge on any atom is 0.251 e. The lowest BCUT2D eigenvalue weighted by Crippen LogP contribution is -2.28. The van der Waals surface area contributed by atoms with Crippen molar-refractivity contribution in [2.75, 3.05) is 11.0 Å². The molecule has 1 amide bonds. The van der Waals surface area contributed by atoms with Crippen molar-refractivity contribution in [3.05, 3.63) is 64.7 Å². The van der Waals surface area contributed by atoms with E-state index in [1.54, 1.807) is 24.3 Å². The van der Waals surface area contributed by atoms with Crippen LogP contribution in [0.3, 0.4) is 0 Å². The van der Waals surface area contributed by atoms with E-state index in [-0.39, 0.29) is 11.9 Å². The molecule has 25 heavy (non-hydrogen) atoms. The fourth-order valence-corrected chi connectivity index (χ4v) is 3.33. The smallest absolute Gasteiger partial charge is 0.251 e. The lowest BCUT2D eigenvalue weighted by Gasteiger charge is -2.20. The van der Waals surface area contributed by atoms with Gasteiger partial charge in [-0.05, 0) is 55.7 Å². The normalized spacial score (nSPS) is 12.5. The monoisotopic (exact) mass is 360 g/mol. The Hall–Kier alpha value is -2.34. The molecule has 0 spiro atoms. The molecule has 0 aliphatic rings. The largest absolute Gasteiger partial charge is 0.345 e. The van der Waals surface area contributed by atoms with Crippen molar-refractivity contribution in [3.63, 3.8) is 0 Å². The summed E-state index contributed by atoms with van der Waals surface area (Å²) < 4.78 is 24.8. The summed E-state index contributed by atoms with van der Waals surface area (Å²) in [4.78, 5) is 12.5. The van der Waals surface area contributed by atoms with Crippen molar-refractivity contribution in [2.45, 2.75) is 33.2 Å². The van der Waals surface area contributed by atoms with Crippen LogP contribution in [-0.4, -0.2) is 20.6 Å². The highest BCUT2D eigenvalue weighted by Gasteiger charge is 2.16. The molecule has 134 valence electrons. The lowest BCUT2D eigenvalue weighted by molar-refractivity contribution is 0.0935. The molecule has 5 nitrogen and oxygen atoms in total. The van der Waals surface area contributed by atoms with Crippen LogP contribution >= 0.6 is 0 Å². The fraction of sp³-hybridized carbons (Fsp3) is 0.316. The molecule has 0 heterocycles. The van der Waals surface area contributed by atoms with Crippen LogP contribution in [0.2, 0.25) is 0 Å². The molecular weight excluding hydrogens is 336 g/mol. The van der Waals surface area contributed by atoms with Crippen LogP contribution in [-0.2, 0) is 10.0 Å². The molecule has 0 unspecified atom stereocenters. The number of hydrogen-bond donors (Lipinski definition) is 2. The van der Waals surface area contributed by atoms with Gasteiger partial charge in [-0.3, -0.25) is 9.52 Å². The van der Waals surface area contributed by atoms with E-state index in [0.29, 0.717) is 11.3 Å². The van der Waals surface area contributed by atoms with Crippen LogP contribution in [0.4, 0.5) is 5.69 Å². The Balaban J connectivity index is 2.14. The van der Waals surface area contributed by atoms with Gasteiger partial charge in [0.15, 0.2) is 0 Å². The summed E-state index contributed by atoms with van der Waals surface area (Å²) in [5.41, 5.74) is 4.37. The first-order chi connectivity index (χ1) is 11.7. The molecule has 0 saturated carbocycles. The lowest BCUT2D eigenvalue weighted by atomic mass is 9.97. The fourth-order valence-electron chi connectivity index (χ4n) is 2.76. The van der Waals surface area contributed by atoms with E-state index in [1.807, 2.05) is 26.8 Å². The van der Waals surface area contributed by atoms with E-state index in [9.17, 15) is 13.2 Å². The zero-order chi connectivity index (χ0) is 18.6. The molecular formula is C19H24N2O3S. The Labute approximate surface area is 149 Å². The SMILES string of the molecule is CC[C@@H](NC(=O)c1ccc(NS(C)(=O)=O)cc1)c1ccc(C)cc1C. The molecule has 0 saturated heterocycles. The molecule has 0 aromatic heterocycles. The number of amides is 1. The molecule has 0 bridgehead atoms. The Morgan fingerprint density at radius 3 is 2.24 bits per heavy atom. The quantitative estimate of drug-likeness (QED) is 0.827. The molecule has 0 aliphatic heterocycles. The summed E-state index contributed by atoms with van der Waals surface area (Å²) in [6.07, 6.45) is 1.87. The average Bonchev–Trinajstić information content (AvgIpc) is 2.52. The minimum Gasteiger partial charge on any atom is -0.345 e. The number of nitrogens with one attached hydrogen (secondary N) is 2. The minimum absolute atomic E-state index is 0.0677. The van der Waals surface area contributed by atoms with E-state index in [4.69, 9.17) is 0 Å². The van der Waals surface area contributed by atoms with Gasteiger partial charge in [-0.2, -0.15) is 0 Å². The first kappa shape index (κ1) is 19.0. The highest BCUT2D eigenvalue weighted by atomic mass is 32.2. The van der Waals surface area contributed by atoms with Crippen molar-refractivity contribution in [2.24, 2.45) is 0 Å². The molecule has 0 radical (unpaired) electrons. The van der Waals surface area contributed by atoms with Crippen LogP contribution in [0.1, 0.15) is 46.4 Å². The van der Waals surface area contributed by atoms with Gasteiger partial charge in [0.2, 0.25) is 10.0 Å². The number of aryl methyl sites for hydroxylation is 2. The molecule has 0 aliphatic carbocycles. The standard InChI is InChI=1S/C19H24N2O3S/c1-5-18(17-11-6-13(2)12-14(17)3)20-19(22)15-7-9-16(10-8-15)21-25(4,23)24/h6-12,18,21H,5H2,1-4H3,(H,20,22)/t18-/m1/s1. The third-order valence-corrected chi connectivity index (χ3v) is 4.57. The van der Waals surface area contributed by atoms with Gasteiger partial charge >= 0.3 is 0 Å². The van der Waals surface area contributed by atoms with Gasteiger partial charge in [0.1, 0.15) is 0 Å². The first-order valence-electron chi connectivity index (χ1n) is 8.15. The van der Waals surface area contributed by atoms with E-state index >= 15 is 0 Å². The Bertz CT molecular complexity index is 859. The van der Waals surface area contributed by atoms with Gasteiger partial charge in [0.25, 0.3) is 5.91 Å². The highest BCUT2D eigenvalue weighted by molar-refractivity contribution is 7.92. The number of sulfonamides is 1. The van der Waals surface area contributed by atoms with Crippen molar-refractivity contribution in [1.29, 1.82) is 0 Å². The zero-order valence-electron chi connectivity index (χ0n) is 15.0. The van der Waals surface area contributed by atoms with E-state index < -0.39 is 10.0 Å². The van der Waals surface area contributed by atoms with Crippen molar-refractivity contribution in [1.82, 2.24) is 5.32 Å². The maximum atomic E-state index is 12.5. The third-order valence-electron chi connectivity index (χ3n) is 3.96. The van der Waals surface area contributed by atoms with Crippen LogP contribution < -0.4 is 10.0 Å². The van der Waals surface area contributed by atoms with Crippen LogP contribution in [0, 0.1) is 13.8 Å². The first-order valence-corrected chi connectivity index (χ1v) is 10.0. The van der Waals surface area contributed by atoms with Gasteiger partial charge in [-0.25, -0.2) is 8.42 Å². The number of hydrogen-bond acceptors (Lipinski definition) is 3. The summed E-state index contributed by atoms with van der Waals surface area (Å²) >= 11 is 0. The predicted molar refractivity (Wildman–Crippen MR) is 101 cm³/mol. The molecule has 2 aromatic rings. The summed E-state index contributed by atoms with van der Waals surface area (Å²) in [6.45, 7) is 6.12. The van der Waals surface area contributed by atoms with Crippen LogP contribution in [0.15, 0.2) is 42.5 Å². The summed E-state index contributed by atoms with van der Waals surface area (Å²) in [7, 11) is -3.33. The number of carbonyl (C=O) groups excluding carboxylic acids is 1. The molecule has 2 rings (SSSR count). The van der Waals surface area contributed by atoms with Gasteiger partial charge in [-0.15, -0.1) is 0 Å². The number of anilines is 1. The van der Waals surface area contributed by atoms with E-state index in [0.717, 1.165) is 23.8 Å². The van der Waals surface area contributed by atoms with Crippen LogP contribution in [0.5, 0.6) is 0 Å². The maximum absolute atomic E-state index is 12.5. The Morgan fingerprint density at radius 2 is 1.72 bits per heavy atom. The summed E-state index contributed by atoms with van der Waals surface area (Å²) in [5.74, 6) is -0.183. The number of rotatable bonds is 6. The van der Waals surface area contributed by atoms with Crippen molar-refractivity contribution >= 4 is 21.6 Å². The summed E-state index contributed by atoms with van der Waals surface area (Å²) in [5, 5.41) is 3.05. The van der Waals surface area contributed by atoms with E-state index in [2.05, 4.69) is 22.2 Å². The number of carbonyl (C=O) groups is 1. The third kappa shape index (κ3) is 5.32. The van der Waals surface area contributed by atoms with E-state index in [1.165, 1.54) is 5.56 Å². The second kappa shape index (κ2) is 7.70. The summed E-state index contributed by atoms with van der Waals surface area (Å²) in [6, 6.07) is 12.5. The van der Waals surface area contributed by atoms with Crippen molar-refractivity contribution in [3.8, 4) is 0 Å². The molecule has 0 fully saturated rings. The minimum atomic E-state index is -3.33. The molecule has 6 heteroatoms. The average molecular weight is 360 g/mol.